The van der Waals surface area contributed by atoms with Crippen molar-refractivity contribution in [2.75, 3.05) is 5.32 Å². The molecule has 1 N–H and O–H groups in total. The normalized spacial score (nSPS) is 11.2. The Balaban J connectivity index is 1.86. The number of amides is 1. The van der Waals surface area contributed by atoms with Crippen LogP contribution in [0.15, 0.2) is 54.7 Å². The first-order chi connectivity index (χ1) is 13.6. The Labute approximate surface area is 162 Å². The highest BCUT2D eigenvalue weighted by molar-refractivity contribution is 6.03. The second-order valence-corrected chi connectivity index (χ2v) is 6.06. The van der Waals surface area contributed by atoms with Crippen LogP contribution in [-0.2, 0) is 6.18 Å². The second-order valence-electron chi connectivity index (χ2n) is 6.06. The number of rotatable bonds is 4. The minimum atomic E-state index is -4.57. The molecular formula is C19H13F3N4O3. The fourth-order valence-electron chi connectivity index (χ4n) is 2.55. The fourth-order valence-corrected chi connectivity index (χ4v) is 2.55. The maximum atomic E-state index is 12.8. The first-order valence-corrected chi connectivity index (χ1v) is 8.22. The molecule has 0 fully saturated rings. The molecule has 0 saturated heterocycles. The molecule has 0 aliphatic heterocycles. The summed E-state index contributed by atoms with van der Waals surface area (Å²) in [5, 5.41) is 13.1. The molecule has 0 aliphatic carbocycles. The zero-order valence-corrected chi connectivity index (χ0v) is 14.9. The summed E-state index contributed by atoms with van der Waals surface area (Å²) in [5.74, 6) is -0.902. The van der Waals surface area contributed by atoms with Gasteiger partial charge in [-0.05, 0) is 42.8 Å². The molecule has 0 spiro atoms. The Hall–Kier alpha value is -3.82. The minimum Gasteiger partial charge on any atom is -0.290 e. The summed E-state index contributed by atoms with van der Waals surface area (Å²) in [7, 11) is 0. The summed E-state index contributed by atoms with van der Waals surface area (Å²) in [5.41, 5.74) is 0.413. The molecule has 0 aliphatic rings. The predicted molar refractivity (Wildman–Crippen MR) is 98.3 cm³/mol. The monoisotopic (exact) mass is 402 g/mol. The molecule has 0 saturated carbocycles. The number of aryl methyl sites for hydroxylation is 1. The number of nitrogens with one attached hydrogen (secondary N) is 1. The van der Waals surface area contributed by atoms with Crippen LogP contribution in [0.2, 0.25) is 0 Å². The number of anilines is 1. The van der Waals surface area contributed by atoms with Gasteiger partial charge in [-0.15, -0.1) is 0 Å². The van der Waals surface area contributed by atoms with Crippen molar-refractivity contribution in [3.63, 3.8) is 0 Å². The number of benzene rings is 2. The quantitative estimate of drug-likeness (QED) is 0.507. The molecule has 148 valence electrons. The maximum Gasteiger partial charge on any atom is 0.416 e. The average molecular weight is 402 g/mol. The molecular weight excluding hydrogens is 389 g/mol. The summed E-state index contributed by atoms with van der Waals surface area (Å²) < 4.78 is 38.5. The van der Waals surface area contributed by atoms with E-state index in [4.69, 9.17) is 0 Å². The van der Waals surface area contributed by atoms with Gasteiger partial charge in [0.05, 0.1) is 16.2 Å². The number of nitrogens with zero attached hydrogens (tertiary/aromatic N) is 3. The van der Waals surface area contributed by atoms with Crippen molar-refractivity contribution in [1.82, 2.24) is 9.97 Å². The minimum absolute atomic E-state index is 0.0847. The maximum absolute atomic E-state index is 12.8. The summed E-state index contributed by atoms with van der Waals surface area (Å²) >= 11 is 0. The zero-order valence-electron chi connectivity index (χ0n) is 14.9. The molecule has 1 aromatic heterocycles. The van der Waals surface area contributed by atoms with Crippen LogP contribution in [0.4, 0.5) is 24.8 Å². The smallest absolute Gasteiger partial charge is 0.290 e. The van der Waals surface area contributed by atoms with Crippen molar-refractivity contribution in [1.29, 1.82) is 0 Å². The Morgan fingerprint density at radius 3 is 2.45 bits per heavy atom. The molecule has 0 bridgehead atoms. The van der Waals surface area contributed by atoms with Gasteiger partial charge in [-0.3, -0.25) is 20.2 Å². The summed E-state index contributed by atoms with van der Waals surface area (Å²) in [4.78, 5) is 30.7. The van der Waals surface area contributed by atoms with Crippen LogP contribution in [0.25, 0.3) is 11.3 Å². The third kappa shape index (κ3) is 4.54. The van der Waals surface area contributed by atoms with Gasteiger partial charge < -0.3 is 0 Å². The largest absolute Gasteiger partial charge is 0.416 e. The number of nitro groups is 1. The molecule has 1 amide bonds. The van der Waals surface area contributed by atoms with E-state index >= 15 is 0 Å². The first-order valence-electron chi connectivity index (χ1n) is 8.22. The average Bonchev–Trinajstić information content (AvgIpc) is 2.69. The standard InChI is InChI=1S/C19H13F3N4O3/c1-11-10-23-18(24-16(11)12-5-7-15(8-6-12)26(28)29)25-17(27)13-3-2-4-14(9-13)19(20,21)22/h2-10H,1H3,(H,23,24,25,27). The van der Waals surface area contributed by atoms with Crippen LogP contribution in [0.1, 0.15) is 21.5 Å². The van der Waals surface area contributed by atoms with E-state index in [1.807, 2.05) is 0 Å². The van der Waals surface area contributed by atoms with Crippen molar-refractivity contribution in [3.8, 4) is 11.3 Å². The molecule has 3 rings (SSSR count). The highest BCUT2D eigenvalue weighted by Crippen LogP contribution is 2.30. The molecule has 3 aromatic rings. The van der Waals surface area contributed by atoms with Crippen LogP contribution in [0.3, 0.4) is 0 Å². The van der Waals surface area contributed by atoms with Gasteiger partial charge in [-0.25, -0.2) is 9.97 Å². The molecule has 10 heteroatoms. The van der Waals surface area contributed by atoms with Crippen LogP contribution in [-0.4, -0.2) is 20.8 Å². The van der Waals surface area contributed by atoms with Gasteiger partial charge >= 0.3 is 6.18 Å². The van der Waals surface area contributed by atoms with Crippen molar-refractivity contribution >= 4 is 17.5 Å². The number of halogens is 3. The molecule has 0 radical (unpaired) electrons. The fraction of sp³-hybridized carbons (Fsp3) is 0.105. The first kappa shape index (κ1) is 19.9. The number of carbonyl (C=O) groups is 1. The van der Waals surface area contributed by atoms with Gasteiger partial charge in [0.25, 0.3) is 11.6 Å². The Bertz CT molecular complexity index is 1080. The lowest BCUT2D eigenvalue weighted by atomic mass is 10.1. The predicted octanol–water partition coefficient (Wildman–Crippen LogP) is 4.63. The van der Waals surface area contributed by atoms with Crippen molar-refractivity contribution in [3.05, 3.63) is 81.5 Å². The van der Waals surface area contributed by atoms with Crippen LogP contribution in [0, 0.1) is 17.0 Å². The van der Waals surface area contributed by atoms with E-state index in [-0.39, 0.29) is 17.2 Å². The number of hydrogen-bond acceptors (Lipinski definition) is 5. The van der Waals surface area contributed by atoms with E-state index in [9.17, 15) is 28.1 Å². The van der Waals surface area contributed by atoms with E-state index < -0.39 is 22.6 Å². The lowest BCUT2D eigenvalue weighted by Gasteiger charge is -2.10. The van der Waals surface area contributed by atoms with Gasteiger partial charge in [0.2, 0.25) is 5.95 Å². The van der Waals surface area contributed by atoms with Crippen LogP contribution >= 0.6 is 0 Å². The van der Waals surface area contributed by atoms with E-state index in [1.165, 1.54) is 36.5 Å². The van der Waals surface area contributed by atoms with E-state index in [0.29, 0.717) is 16.8 Å². The highest BCUT2D eigenvalue weighted by atomic mass is 19.4. The summed E-state index contributed by atoms with van der Waals surface area (Å²) in [6, 6.07) is 9.63. The van der Waals surface area contributed by atoms with E-state index in [0.717, 1.165) is 18.2 Å². The van der Waals surface area contributed by atoms with Gasteiger partial charge in [-0.1, -0.05) is 6.07 Å². The second kappa shape index (κ2) is 7.66. The molecule has 7 nitrogen and oxygen atoms in total. The van der Waals surface area contributed by atoms with Gasteiger partial charge in [0.15, 0.2) is 0 Å². The van der Waals surface area contributed by atoms with Crippen molar-refractivity contribution < 1.29 is 22.9 Å². The third-order valence-corrected chi connectivity index (χ3v) is 4.00. The summed E-state index contributed by atoms with van der Waals surface area (Å²) in [6.45, 7) is 1.72. The number of aromatic nitrogens is 2. The molecule has 1 heterocycles. The van der Waals surface area contributed by atoms with Crippen molar-refractivity contribution in [2.24, 2.45) is 0 Å². The number of non-ortho nitro benzene ring substituents is 1. The molecule has 29 heavy (non-hydrogen) atoms. The van der Waals surface area contributed by atoms with E-state index in [1.54, 1.807) is 6.92 Å². The lowest BCUT2D eigenvalue weighted by Crippen LogP contribution is -2.16. The lowest BCUT2D eigenvalue weighted by molar-refractivity contribution is -0.384. The number of alkyl halides is 3. The van der Waals surface area contributed by atoms with Crippen LogP contribution < -0.4 is 5.32 Å². The van der Waals surface area contributed by atoms with E-state index in [2.05, 4.69) is 15.3 Å². The SMILES string of the molecule is Cc1cnc(NC(=O)c2cccc(C(F)(F)F)c2)nc1-c1ccc([N+](=O)[O-])cc1. The molecule has 0 unspecified atom stereocenters. The van der Waals surface area contributed by atoms with Gasteiger partial charge in [0, 0.05) is 29.5 Å². The van der Waals surface area contributed by atoms with Crippen LogP contribution in [0.5, 0.6) is 0 Å². The number of hydrogen-bond donors (Lipinski definition) is 1. The topological polar surface area (TPSA) is 98.0 Å². The zero-order chi connectivity index (χ0) is 21.2. The Morgan fingerprint density at radius 2 is 1.83 bits per heavy atom. The highest BCUT2D eigenvalue weighted by Gasteiger charge is 2.31. The Kier molecular flexibility index (Phi) is 5.26. The molecule has 0 atom stereocenters. The molecule has 2 aromatic carbocycles. The third-order valence-electron chi connectivity index (χ3n) is 4.00. The summed E-state index contributed by atoms with van der Waals surface area (Å²) in [6.07, 6.45) is -3.13. The number of nitro benzene ring substituents is 1. The Morgan fingerprint density at radius 1 is 1.14 bits per heavy atom. The van der Waals surface area contributed by atoms with Crippen molar-refractivity contribution in [2.45, 2.75) is 13.1 Å². The van der Waals surface area contributed by atoms with Gasteiger partial charge in [0.1, 0.15) is 0 Å². The van der Waals surface area contributed by atoms with Gasteiger partial charge in [-0.2, -0.15) is 13.2 Å². The number of carbonyl (C=O) groups excluding carboxylic acids is 1.